The maximum Gasteiger partial charge on any atom is 0.192 e. The van der Waals surface area contributed by atoms with Crippen molar-refractivity contribution in [2.75, 3.05) is 0 Å². The lowest BCUT2D eigenvalue weighted by molar-refractivity contribution is 0.0901. The van der Waals surface area contributed by atoms with Gasteiger partial charge in [-0.15, -0.1) is 0 Å². The van der Waals surface area contributed by atoms with Crippen LogP contribution >= 0.6 is 0 Å². The van der Waals surface area contributed by atoms with Crippen molar-refractivity contribution in [1.29, 1.82) is 0 Å². The Balaban J connectivity index is 1.87. The molecule has 0 aromatic heterocycles. The first-order chi connectivity index (χ1) is 12.7. The average molecular weight is 383 g/mol. The van der Waals surface area contributed by atoms with E-state index >= 15 is 0 Å². The molecule has 0 N–H and O–H groups in total. The number of fused-ring (bicyclic) bond motifs is 1. The lowest BCUT2D eigenvalue weighted by Crippen LogP contribution is -2.42. The van der Waals surface area contributed by atoms with E-state index in [9.17, 15) is 4.79 Å². The van der Waals surface area contributed by atoms with Gasteiger partial charge in [0.25, 0.3) is 0 Å². The maximum atomic E-state index is 12.7. The van der Waals surface area contributed by atoms with Crippen LogP contribution in [0.1, 0.15) is 61.2 Å². The first-order valence-corrected chi connectivity index (χ1v) is 12.6. The standard InChI is InChI=1S/C23H30O3Si/c1-23(2,3)27(4,5)26-20-15-14-19(24)22-18(20)12-9-13-21(22)25-16-17-10-7-6-8-11-17/h6-13,20H,14-16H2,1-5H3/t20-/m1/s1. The Bertz CT molecular complexity index is 806. The number of ether oxygens (including phenoxy) is 1. The molecule has 0 fully saturated rings. The molecule has 0 heterocycles. The van der Waals surface area contributed by atoms with Crippen molar-refractivity contribution in [2.45, 2.75) is 64.5 Å². The lowest BCUT2D eigenvalue weighted by atomic mass is 9.88. The highest BCUT2D eigenvalue weighted by atomic mass is 28.4. The number of carbonyl (C=O) groups is 1. The summed E-state index contributed by atoms with van der Waals surface area (Å²) in [7, 11) is -1.92. The van der Waals surface area contributed by atoms with Gasteiger partial charge in [0.15, 0.2) is 14.1 Å². The fourth-order valence-corrected chi connectivity index (χ4v) is 4.48. The fourth-order valence-electron chi connectivity index (χ4n) is 3.17. The van der Waals surface area contributed by atoms with E-state index in [0.29, 0.717) is 24.3 Å². The van der Waals surface area contributed by atoms with Gasteiger partial charge in [-0.3, -0.25) is 4.79 Å². The van der Waals surface area contributed by atoms with E-state index in [0.717, 1.165) is 17.5 Å². The van der Waals surface area contributed by atoms with Gasteiger partial charge in [-0.05, 0) is 41.7 Å². The molecule has 0 bridgehead atoms. The lowest BCUT2D eigenvalue weighted by Gasteiger charge is -2.40. The van der Waals surface area contributed by atoms with Gasteiger partial charge in [0.05, 0.1) is 11.7 Å². The molecule has 0 saturated heterocycles. The molecule has 0 spiro atoms. The third-order valence-electron chi connectivity index (χ3n) is 5.80. The van der Waals surface area contributed by atoms with Crippen molar-refractivity contribution in [3.05, 3.63) is 65.2 Å². The largest absolute Gasteiger partial charge is 0.488 e. The molecule has 1 aliphatic carbocycles. The number of hydrogen-bond donors (Lipinski definition) is 0. The predicted octanol–water partition coefficient (Wildman–Crippen LogP) is 6.31. The fraction of sp³-hybridized carbons (Fsp3) is 0.435. The molecule has 0 aliphatic heterocycles. The molecule has 0 radical (unpaired) electrons. The van der Waals surface area contributed by atoms with E-state index in [1.807, 2.05) is 48.5 Å². The van der Waals surface area contributed by atoms with Gasteiger partial charge in [-0.25, -0.2) is 0 Å². The van der Waals surface area contributed by atoms with Gasteiger partial charge in [-0.2, -0.15) is 0 Å². The molecule has 1 atom stereocenters. The van der Waals surface area contributed by atoms with Crippen LogP contribution in [0.15, 0.2) is 48.5 Å². The van der Waals surface area contributed by atoms with Gasteiger partial charge in [-0.1, -0.05) is 63.2 Å². The van der Waals surface area contributed by atoms with Crippen LogP contribution in [-0.2, 0) is 11.0 Å². The van der Waals surface area contributed by atoms with Crippen molar-refractivity contribution in [3.8, 4) is 5.75 Å². The molecule has 4 heteroatoms. The highest BCUT2D eigenvalue weighted by Gasteiger charge is 2.41. The van der Waals surface area contributed by atoms with Crippen molar-refractivity contribution in [1.82, 2.24) is 0 Å². The number of ketones is 1. The minimum absolute atomic E-state index is 0.0288. The Kier molecular flexibility index (Phi) is 5.59. The molecule has 1 aliphatic rings. The Morgan fingerprint density at radius 2 is 1.74 bits per heavy atom. The second-order valence-electron chi connectivity index (χ2n) is 8.82. The smallest absolute Gasteiger partial charge is 0.192 e. The molecule has 3 nitrogen and oxygen atoms in total. The van der Waals surface area contributed by atoms with Crippen LogP contribution in [0.3, 0.4) is 0 Å². The van der Waals surface area contributed by atoms with E-state index < -0.39 is 8.32 Å². The normalized spacial score (nSPS) is 17.5. The second-order valence-corrected chi connectivity index (χ2v) is 13.6. The first kappa shape index (κ1) is 19.8. The Morgan fingerprint density at radius 3 is 2.41 bits per heavy atom. The summed E-state index contributed by atoms with van der Waals surface area (Å²) in [5.41, 5.74) is 2.79. The van der Waals surface area contributed by atoms with Crippen LogP contribution in [-0.4, -0.2) is 14.1 Å². The number of carbonyl (C=O) groups excluding carboxylic acids is 1. The minimum Gasteiger partial charge on any atom is -0.488 e. The monoisotopic (exact) mass is 382 g/mol. The van der Waals surface area contributed by atoms with Crippen molar-refractivity contribution in [2.24, 2.45) is 0 Å². The van der Waals surface area contributed by atoms with E-state index in [2.05, 4.69) is 33.9 Å². The summed E-state index contributed by atoms with van der Waals surface area (Å²) in [6.07, 6.45) is 1.23. The van der Waals surface area contributed by atoms with Gasteiger partial charge < -0.3 is 9.16 Å². The summed E-state index contributed by atoms with van der Waals surface area (Å²) in [6, 6.07) is 15.9. The quantitative estimate of drug-likeness (QED) is 0.569. The van der Waals surface area contributed by atoms with E-state index in [-0.39, 0.29) is 16.9 Å². The Hall–Kier alpha value is -1.91. The molecule has 2 aromatic rings. The van der Waals surface area contributed by atoms with Crippen LogP contribution in [0.2, 0.25) is 18.1 Å². The zero-order valence-corrected chi connectivity index (χ0v) is 18.0. The van der Waals surface area contributed by atoms with Crippen molar-refractivity contribution >= 4 is 14.1 Å². The van der Waals surface area contributed by atoms with Crippen molar-refractivity contribution < 1.29 is 14.0 Å². The number of benzene rings is 2. The number of rotatable bonds is 5. The number of Topliss-reactive ketones (excluding diaryl/α,β-unsaturated/α-hetero) is 1. The average Bonchev–Trinajstić information content (AvgIpc) is 2.62. The molecule has 0 unspecified atom stereocenters. The third kappa shape index (κ3) is 4.33. The first-order valence-electron chi connectivity index (χ1n) is 9.70. The molecule has 2 aromatic carbocycles. The maximum absolute atomic E-state index is 12.7. The summed E-state index contributed by atoms with van der Waals surface area (Å²) in [5, 5.41) is 0.135. The van der Waals surface area contributed by atoms with Crippen LogP contribution in [0.5, 0.6) is 5.75 Å². The molecule has 3 rings (SSSR count). The van der Waals surface area contributed by atoms with Crippen LogP contribution < -0.4 is 4.74 Å². The molecule has 27 heavy (non-hydrogen) atoms. The second kappa shape index (κ2) is 7.61. The van der Waals surface area contributed by atoms with Crippen LogP contribution in [0.25, 0.3) is 0 Å². The van der Waals surface area contributed by atoms with Crippen molar-refractivity contribution in [3.63, 3.8) is 0 Å². The summed E-state index contributed by atoms with van der Waals surface area (Å²) in [5.74, 6) is 0.827. The van der Waals surface area contributed by atoms with E-state index in [1.165, 1.54) is 0 Å². The predicted molar refractivity (Wildman–Crippen MR) is 112 cm³/mol. The highest BCUT2D eigenvalue weighted by molar-refractivity contribution is 6.74. The molecule has 0 saturated carbocycles. The van der Waals surface area contributed by atoms with Gasteiger partial charge in [0.1, 0.15) is 12.4 Å². The Labute approximate surface area is 163 Å². The molecular formula is C23H30O3Si. The molecular weight excluding hydrogens is 352 g/mol. The van der Waals surface area contributed by atoms with E-state index in [1.54, 1.807) is 0 Å². The zero-order valence-electron chi connectivity index (χ0n) is 17.0. The minimum atomic E-state index is -1.92. The van der Waals surface area contributed by atoms with Crippen LogP contribution in [0.4, 0.5) is 0 Å². The number of hydrogen-bond acceptors (Lipinski definition) is 3. The highest BCUT2D eigenvalue weighted by Crippen LogP contribution is 2.44. The SMILES string of the molecule is CC(C)(C)[Si](C)(C)O[C@@H]1CCC(=O)c2c(OCc3ccccc3)cccc21. The molecule has 144 valence electrons. The summed E-state index contributed by atoms with van der Waals surface area (Å²) >= 11 is 0. The summed E-state index contributed by atoms with van der Waals surface area (Å²) in [6.45, 7) is 11.7. The molecule has 0 amide bonds. The topological polar surface area (TPSA) is 35.5 Å². The summed E-state index contributed by atoms with van der Waals surface area (Å²) < 4.78 is 12.7. The summed E-state index contributed by atoms with van der Waals surface area (Å²) in [4.78, 5) is 12.7. The van der Waals surface area contributed by atoms with Gasteiger partial charge >= 0.3 is 0 Å². The third-order valence-corrected chi connectivity index (χ3v) is 10.3. The Morgan fingerprint density at radius 1 is 1.04 bits per heavy atom. The van der Waals surface area contributed by atoms with Gasteiger partial charge in [0.2, 0.25) is 0 Å². The zero-order chi connectivity index (χ0) is 19.7. The van der Waals surface area contributed by atoms with E-state index in [4.69, 9.17) is 9.16 Å². The van der Waals surface area contributed by atoms with Crippen LogP contribution in [0, 0.1) is 0 Å². The van der Waals surface area contributed by atoms with Gasteiger partial charge in [0, 0.05) is 6.42 Å².